The topological polar surface area (TPSA) is 43.1 Å². The van der Waals surface area contributed by atoms with E-state index in [1.165, 1.54) is 51.4 Å². The maximum Gasteiger partial charge on any atom is 0.346 e. The summed E-state index contributed by atoms with van der Waals surface area (Å²) in [4.78, 5) is 16.3. The molecule has 0 aliphatic rings. The molecule has 0 radical (unpaired) electrons. The second-order valence-electron chi connectivity index (χ2n) is 5.99. The highest BCUT2D eigenvalue weighted by atomic mass is 16.4. The molecule has 0 amide bonds. The highest BCUT2D eigenvalue weighted by molar-refractivity contribution is 5.76. The summed E-state index contributed by atoms with van der Waals surface area (Å²) in [5.74, 6) is 0.576. The number of hydrogen-bond donors (Lipinski definition) is 0. The van der Waals surface area contributed by atoms with Gasteiger partial charge in [0.25, 0.3) is 0 Å². The monoisotopic (exact) mass is 301 g/mol. The molecule has 0 fully saturated rings. The third-order valence-corrected chi connectivity index (χ3v) is 4.07. The first-order chi connectivity index (χ1) is 10.8. The van der Waals surface area contributed by atoms with E-state index in [4.69, 9.17) is 4.42 Å². The Balaban J connectivity index is 1.68. The van der Waals surface area contributed by atoms with Crippen molar-refractivity contribution >= 4 is 10.9 Å². The number of benzene rings is 1. The largest absolute Gasteiger partial charge is 0.408 e. The summed E-state index contributed by atoms with van der Waals surface area (Å²) in [6, 6.07) is 7.36. The average Bonchev–Trinajstić information content (AvgIpc) is 2.53. The van der Waals surface area contributed by atoms with Gasteiger partial charge in [-0.2, -0.15) is 0 Å². The Morgan fingerprint density at radius 3 is 2.27 bits per heavy atom. The molecule has 0 aliphatic carbocycles. The zero-order chi connectivity index (χ0) is 15.6. The Hall–Kier alpha value is -1.64. The predicted octanol–water partition coefficient (Wildman–Crippen LogP) is 5.26. The van der Waals surface area contributed by atoms with Crippen molar-refractivity contribution in [2.75, 3.05) is 0 Å². The van der Waals surface area contributed by atoms with E-state index in [1.807, 2.05) is 18.2 Å². The molecule has 3 nitrogen and oxygen atoms in total. The lowest BCUT2D eigenvalue weighted by Gasteiger charge is -2.03. The fourth-order valence-electron chi connectivity index (χ4n) is 2.76. The van der Waals surface area contributed by atoms with Gasteiger partial charge in [0.05, 0.1) is 10.9 Å². The van der Waals surface area contributed by atoms with Gasteiger partial charge in [-0.05, 0) is 18.6 Å². The minimum Gasteiger partial charge on any atom is -0.408 e. The minimum absolute atomic E-state index is 0.267. The summed E-state index contributed by atoms with van der Waals surface area (Å²) in [6.07, 6.45) is 12.4. The van der Waals surface area contributed by atoms with Crippen molar-refractivity contribution in [2.45, 2.75) is 71.1 Å². The smallest absolute Gasteiger partial charge is 0.346 e. The van der Waals surface area contributed by atoms with E-state index in [2.05, 4.69) is 11.9 Å². The van der Waals surface area contributed by atoms with Gasteiger partial charge in [0, 0.05) is 6.42 Å². The number of hydrogen-bond acceptors (Lipinski definition) is 3. The maximum atomic E-state index is 11.9. The number of nitrogens with zero attached hydrogens (tertiary/aromatic N) is 1. The molecule has 1 aromatic carbocycles. The maximum absolute atomic E-state index is 11.9. The molecular weight excluding hydrogens is 274 g/mol. The molecule has 0 N–H and O–H groups in total. The third kappa shape index (κ3) is 5.28. The quantitative estimate of drug-likeness (QED) is 0.562. The molecule has 2 rings (SSSR count). The summed E-state index contributed by atoms with van der Waals surface area (Å²) in [7, 11) is 0. The predicted molar refractivity (Wildman–Crippen MR) is 91.2 cm³/mol. The van der Waals surface area contributed by atoms with Crippen LogP contribution in [0.1, 0.15) is 70.6 Å². The zero-order valence-corrected chi connectivity index (χ0v) is 13.6. The molecule has 0 saturated carbocycles. The number of fused-ring (bicyclic) bond motifs is 1. The van der Waals surface area contributed by atoms with Crippen molar-refractivity contribution in [1.82, 2.24) is 4.98 Å². The van der Waals surface area contributed by atoms with Gasteiger partial charge in [0.15, 0.2) is 5.89 Å². The lowest BCUT2D eigenvalue weighted by molar-refractivity contribution is 0.433. The van der Waals surface area contributed by atoms with E-state index in [0.717, 1.165) is 18.4 Å². The fourth-order valence-corrected chi connectivity index (χ4v) is 2.76. The van der Waals surface area contributed by atoms with Crippen LogP contribution >= 0.6 is 0 Å². The molecule has 0 atom stereocenters. The van der Waals surface area contributed by atoms with Crippen molar-refractivity contribution in [3.05, 3.63) is 40.6 Å². The number of unbranched alkanes of at least 4 members (excludes halogenated alkanes) is 8. The first kappa shape index (κ1) is 16.7. The molecule has 2 aromatic rings. The second-order valence-corrected chi connectivity index (χ2v) is 5.99. The molecule has 22 heavy (non-hydrogen) atoms. The normalized spacial score (nSPS) is 11.1. The third-order valence-electron chi connectivity index (χ3n) is 4.07. The van der Waals surface area contributed by atoms with E-state index in [9.17, 15) is 4.79 Å². The fraction of sp³-hybridized carbons (Fsp3) is 0.579. The minimum atomic E-state index is -0.267. The van der Waals surface area contributed by atoms with Crippen LogP contribution in [-0.2, 0) is 6.42 Å². The van der Waals surface area contributed by atoms with Crippen LogP contribution in [0.4, 0.5) is 0 Å². The van der Waals surface area contributed by atoms with Crippen molar-refractivity contribution in [2.24, 2.45) is 0 Å². The molecule has 0 bridgehead atoms. The van der Waals surface area contributed by atoms with Crippen molar-refractivity contribution < 1.29 is 4.42 Å². The van der Waals surface area contributed by atoms with Crippen molar-refractivity contribution in [1.29, 1.82) is 0 Å². The molecular formula is C19H27NO2. The van der Waals surface area contributed by atoms with Gasteiger partial charge < -0.3 is 4.42 Å². The van der Waals surface area contributed by atoms with Crippen LogP contribution in [0, 0.1) is 0 Å². The summed E-state index contributed by atoms with van der Waals surface area (Å²) in [6.45, 7) is 2.25. The van der Waals surface area contributed by atoms with Crippen molar-refractivity contribution in [3.63, 3.8) is 0 Å². The van der Waals surface area contributed by atoms with Crippen molar-refractivity contribution in [3.8, 4) is 0 Å². The number of para-hydroxylation sites is 1. The highest BCUT2D eigenvalue weighted by Gasteiger charge is 2.05. The molecule has 0 aliphatic heterocycles. The summed E-state index contributed by atoms with van der Waals surface area (Å²) in [5, 5.41) is 0.568. The Morgan fingerprint density at radius 1 is 0.909 bits per heavy atom. The molecule has 0 saturated heterocycles. The Morgan fingerprint density at radius 2 is 1.55 bits per heavy atom. The van der Waals surface area contributed by atoms with Gasteiger partial charge in [-0.1, -0.05) is 70.4 Å². The zero-order valence-electron chi connectivity index (χ0n) is 13.6. The van der Waals surface area contributed by atoms with Crippen LogP contribution in [0.2, 0.25) is 0 Å². The first-order valence-corrected chi connectivity index (χ1v) is 8.70. The van der Waals surface area contributed by atoms with E-state index in [-0.39, 0.29) is 5.63 Å². The molecule has 0 spiro atoms. The molecule has 3 heteroatoms. The summed E-state index contributed by atoms with van der Waals surface area (Å²) < 4.78 is 5.30. The van der Waals surface area contributed by atoms with Gasteiger partial charge in [0.1, 0.15) is 0 Å². The van der Waals surface area contributed by atoms with E-state index < -0.39 is 0 Å². The Bertz CT molecular complexity index is 618. The van der Waals surface area contributed by atoms with Crippen LogP contribution in [0.5, 0.6) is 0 Å². The lowest BCUT2D eigenvalue weighted by Crippen LogP contribution is -2.05. The van der Waals surface area contributed by atoms with Gasteiger partial charge >= 0.3 is 5.63 Å². The van der Waals surface area contributed by atoms with Gasteiger partial charge in [0.2, 0.25) is 0 Å². The molecule has 1 heterocycles. The van der Waals surface area contributed by atoms with Crippen LogP contribution in [0.3, 0.4) is 0 Å². The van der Waals surface area contributed by atoms with E-state index in [1.54, 1.807) is 6.07 Å². The number of aromatic nitrogens is 1. The first-order valence-electron chi connectivity index (χ1n) is 8.70. The van der Waals surface area contributed by atoms with Gasteiger partial charge in [-0.3, -0.25) is 0 Å². The van der Waals surface area contributed by atoms with Crippen LogP contribution in [-0.4, -0.2) is 4.98 Å². The summed E-state index contributed by atoms with van der Waals surface area (Å²) >= 11 is 0. The SMILES string of the molecule is CCCCCCCCCCCc1nc2ccccc2c(=O)o1. The van der Waals surface area contributed by atoms with Crippen LogP contribution < -0.4 is 5.63 Å². The molecule has 120 valence electrons. The van der Waals surface area contributed by atoms with Crippen LogP contribution in [0.25, 0.3) is 10.9 Å². The number of rotatable bonds is 10. The molecule has 1 aromatic heterocycles. The second kappa shape index (κ2) is 9.39. The average molecular weight is 301 g/mol. The standard InChI is InChI=1S/C19H27NO2/c1-2-3-4-5-6-7-8-9-10-15-18-20-17-14-12-11-13-16(17)19(21)22-18/h11-14H,2-10,15H2,1H3. The van der Waals surface area contributed by atoms with E-state index in [0.29, 0.717) is 11.3 Å². The van der Waals surface area contributed by atoms with Crippen LogP contribution in [0.15, 0.2) is 33.5 Å². The summed E-state index contributed by atoms with van der Waals surface area (Å²) in [5.41, 5.74) is 0.473. The lowest BCUT2D eigenvalue weighted by atomic mass is 10.1. The Kier molecular flexibility index (Phi) is 7.14. The highest BCUT2D eigenvalue weighted by Crippen LogP contribution is 2.12. The Labute approximate surface area is 132 Å². The van der Waals surface area contributed by atoms with Gasteiger partial charge in [-0.25, -0.2) is 9.78 Å². The van der Waals surface area contributed by atoms with Gasteiger partial charge in [-0.15, -0.1) is 0 Å². The van der Waals surface area contributed by atoms with E-state index >= 15 is 0 Å². The molecule has 0 unspecified atom stereocenters. The number of aryl methyl sites for hydroxylation is 1.